The van der Waals surface area contributed by atoms with Crippen LogP contribution in [0, 0.1) is 116 Å². The Morgan fingerprint density at radius 3 is 1.22 bits per heavy atom. The standard InChI is InChI=1S/C60H102O4/c1-37(2)39(5)19-21-41(7)47-27-29-49-45-25-23-43-15-13-17-53(59(43,11)51(45)33-35-57(47,49)9)63-55(61)31-32-56(62)64-54-18-14-16-44-24-26-46-50-30-28-48(42(8)22-20-40(6)38(3)4)58(50,10)36-34-52(46)60(44,54)12/h37-54H,13-36H2,1-12H3/t39-,40-,41+,42+,43+,44+,45+,46+,47+,48+,49-,50-,51-,52-,53?,54?,57+,58+,59-,60-/m0/s1. The highest BCUT2D eigenvalue weighted by atomic mass is 16.6. The van der Waals surface area contributed by atoms with E-state index in [-0.39, 0.29) is 47.8 Å². The number of hydrogen-bond acceptors (Lipinski definition) is 4. The van der Waals surface area contributed by atoms with Crippen LogP contribution in [0.5, 0.6) is 0 Å². The fraction of sp³-hybridized carbons (Fsp3) is 0.967. The van der Waals surface area contributed by atoms with Gasteiger partial charge in [0.25, 0.3) is 0 Å². The normalized spacial score (nSPS) is 45.8. The average molecular weight is 887 g/mol. The van der Waals surface area contributed by atoms with Gasteiger partial charge < -0.3 is 9.47 Å². The Morgan fingerprint density at radius 1 is 0.453 bits per heavy atom. The molecule has 0 aromatic rings. The van der Waals surface area contributed by atoms with E-state index in [0.717, 1.165) is 96.7 Å². The third kappa shape index (κ3) is 8.78. The van der Waals surface area contributed by atoms with Gasteiger partial charge in [-0.05, 0) is 221 Å². The Kier molecular flexibility index (Phi) is 14.9. The molecule has 2 unspecified atom stereocenters. The van der Waals surface area contributed by atoms with Crippen LogP contribution < -0.4 is 0 Å². The minimum absolute atomic E-state index is 0.0171. The first-order chi connectivity index (χ1) is 30.3. The molecule has 0 N–H and O–H groups in total. The van der Waals surface area contributed by atoms with Crippen LogP contribution >= 0.6 is 0 Å². The number of carbonyl (C=O) groups is 2. The van der Waals surface area contributed by atoms with Crippen LogP contribution in [0.4, 0.5) is 0 Å². The summed E-state index contributed by atoms with van der Waals surface area (Å²) in [5, 5.41) is 0. The van der Waals surface area contributed by atoms with E-state index >= 15 is 0 Å². The second-order valence-corrected chi connectivity index (χ2v) is 27.4. The lowest BCUT2D eigenvalue weighted by molar-refractivity contribution is -0.196. The number of esters is 2. The summed E-state index contributed by atoms with van der Waals surface area (Å²) in [6, 6.07) is 0. The van der Waals surface area contributed by atoms with Gasteiger partial charge >= 0.3 is 11.9 Å². The first-order valence-corrected chi connectivity index (χ1v) is 28.7. The molecule has 0 saturated heterocycles. The fourth-order valence-corrected chi connectivity index (χ4v) is 19.7. The van der Waals surface area contributed by atoms with Gasteiger partial charge in [-0.3, -0.25) is 9.59 Å². The molecule has 0 amide bonds. The van der Waals surface area contributed by atoms with E-state index < -0.39 is 0 Å². The van der Waals surface area contributed by atoms with Crippen molar-refractivity contribution < 1.29 is 19.1 Å². The minimum Gasteiger partial charge on any atom is -0.462 e. The fourth-order valence-electron chi connectivity index (χ4n) is 19.7. The molecule has 0 spiro atoms. The predicted molar refractivity (Wildman–Crippen MR) is 264 cm³/mol. The number of carbonyl (C=O) groups excluding carboxylic acids is 2. The summed E-state index contributed by atoms with van der Waals surface area (Å²) in [6.07, 6.45) is 29.0. The number of ether oxygens (including phenoxy) is 2. The highest BCUT2D eigenvalue weighted by molar-refractivity contribution is 5.78. The Bertz CT molecular complexity index is 1480. The first-order valence-electron chi connectivity index (χ1n) is 28.7. The summed E-state index contributed by atoms with van der Waals surface area (Å²) in [6.45, 7) is 30.2. The molecule has 0 aliphatic heterocycles. The van der Waals surface area contributed by atoms with Gasteiger partial charge in [-0.1, -0.05) is 109 Å². The van der Waals surface area contributed by atoms with Gasteiger partial charge in [0.15, 0.2) is 0 Å². The van der Waals surface area contributed by atoms with E-state index in [4.69, 9.17) is 9.47 Å². The maximum Gasteiger partial charge on any atom is 0.306 e. The van der Waals surface area contributed by atoms with E-state index in [2.05, 4.69) is 83.1 Å². The SMILES string of the molecule is CC(C)[C@@H](C)CC[C@@H](C)[C@H]1CC[C@H]2[C@H]3CC[C@H]4CCCC(OC(=O)CCC(=O)OC5CCC[C@@H]6CC[C@@H]7[C@@H]8CC[C@H]([C@H](C)CC[C@H](C)C(C)C)[C@@]8(C)CC[C@@H]7[C@@]56C)[C@]4(C)[C@H]3CC[C@]12C. The monoisotopic (exact) mass is 887 g/mol. The van der Waals surface area contributed by atoms with Gasteiger partial charge in [0.2, 0.25) is 0 Å². The molecule has 20 atom stereocenters. The lowest BCUT2D eigenvalue weighted by atomic mass is 9.44. The van der Waals surface area contributed by atoms with Crippen LogP contribution in [0.15, 0.2) is 0 Å². The first kappa shape index (κ1) is 49.4. The van der Waals surface area contributed by atoms with Gasteiger partial charge in [0, 0.05) is 10.8 Å². The molecule has 366 valence electrons. The van der Waals surface area contributed by atoms with Gasteiger partial charge in [-0.2, -0.15) is 0 Å². The smallest absolute Gasteiger partial charge is 0.306 e. The molecule has 4 heteroatoms. The van der Waals surface area contributed by atoms with E-state index in [0.29, 0.717) is 34.5 Å². The van der Waals surface area contributed by atoms with Crippen LogP contribution in [-0.2, 0) is 19.1 Å². The van der Waals surface area contributed by atoms with Crippen molar-refractivity contribution in [2.75, 3.05) is 0 Å². The predicted octanol–water partition coefficient (Wildman–Crippen LogP) is 16.3. The summed E-state index contributed by atoms with van der Waals surface area (Å²) in [7, 11) is 0. The van der Waals surface area contributed by atoms with Crippen molar-refractivity contribution in [2.24, 2.45) is 116 Å². The van der Waals surface area contributed by atoms with Crippen molar-refractivity contribution in [3.8, 4) is 0 Å². The van der Waals surface area contributed by atoms with Gasteiger partial charge in [-0.15, -0.1) is 0 Å². The third-order valence-corrected chi connectivity index (χ3v) is 24.4. The second-order valence-electron chi connectivity index (χ2n) is 27.4. The zero-order valence-electron chi connectivity index (χ0n) is 44.0. The molecule has 64 heavy (non-hydrogen) atoms. The lowest BCUT2D eigenvalue weighted by Crippen LogP contribution is -2.58. The van der Waals surface area contributed by atoms with Crippen LogP contribution in [0.3, 0.4) is 0 Å². The van der Waals surface area contributed by atoms with Crippen LogP contribution in [0.25, 0.3) is 0 Å². The van der Waals surface area contributed by atoms with Gasteiger partial charge in [0.1, 0.15) is 12.2 Å². The van der Waals surface area contributed by atoms with Gasteiger partial charge in [0.05, 0.1) is 12.8 Å². The summed E-state index contributed by atoms with van der Waals surface area (Å²) in [5.74, 6) is 11.9. The molecule has 0 aromatic heterocycles. The highest BCUT2D eigenvalue weighted by Crippen LogP contribution is 2.70. The molecule has 0 heterocycles. The van der Waals surface area contributed by atoms with Crippen molar-refractivity contribution in [1.29, 1.82) is 0 Å². The molecular weight excluding hydrogens is 785 g/mol. The maximum atomic E-state index is 14.0. The van der Waals surface area contributed by atoms with Gasteiger partial charge in [-0.25, -0.2) is 0 Å². The summed E-state index contributed by atoms with van der Waals surface area (Å²) in [4.78, 5) is 27.9. The Balaban J connectivity index is 0.869. The third-order valence-electron chi connectivity index (χ3n) is 24.4. The van der Waals surface area contributed by atoms with Crippen molar-refractivity contribution in [3.05, 3.63) is 0 Å². The average Bonchev–Trinajstić information content (AvgIpc) is 3.81. The molecule has 0 radical (unpaired) electrons. The molecule has 8 aliphatic rings. The maximum absolute atomic E-state index is 14.0. The lowest BCUT2D eigenvalue weighted by Gasteiger charge is -2.62. The largest absolute Gasteiger partial charge is 0.462 e. The van der Waals surface area contributed by atoms with E-state index in [1.807, 2.05) is 0 Å². The molecule has 8 saturated carbocycles. The number of rotatable bonds is 15. The number of hydrogen-bond donors (Lipinski definition) is 0. The molecule has 4 nitrogen and oxygen atoms in total. The van der Waals surface area contributed by atoms with E-state index in [9.17, 15) is 9.59 Å². The Labute approximate surface area is 395 Å². The second kappa shape index (κ2) is 19.4. The summed E-state index contributed by atoms with van der Waals surface area (Å²) in [5.41, 5.74) is 1.03. The Morgan fingerprint density at radius 2 is 0.844 bits per heavy atom. The molecular formula is C60H102O4. The van der Waals surface area contributed by atoms with Crippen molar-refractivity contribution >= 4 is 11.9 Å². The van der Waals surface area contributed by atoms with Crippen molar-refractivity contribution in [1.82, 2.24) is 0 Å². The van der Waals surface area contributed by atoms with Crippen LogP contribution in [0.1, 0.15) is 237 Å². The topological polar surface area (TPSA) is 52.6 Å². The van der Waals surface area contributed by atoms with Crippen LogP contribution in [0.2, 0.25) is 0 Å². The van der Waals surface area contributed by atoms with Crippen molar-refractivity contribution in [3.63, 3.8) is 0 Å². The van der Waals surface area contributed by atoms with E-state index in [1.165, 1.54) is 116 Å². The van der Waals surface area contributed by atoms with E-state index in [1.54, 1.807) is 0 Å². The zero-order valence-corrected chi connectivity index (χ0v) is 44.0. The highest BCUT2D eigenvalue weighted by Gasteiger charge is 2.64. The quantitative estimate of drug-likeness (QED) is 0.154. The van der Waals surface area contributed by atoms with Crippen molar-refractivity contribution in [2.45, 2.75) is 249 Å². The molecule has 8 rings (SSSR count). The minimum atomic E-state index is -0.155. The summed E-state index contributed by atoms with van der Waals surface area (Å²) < 4.78 is 13.3. The molecule has 0 aromatic carbocycles. The number of fused-ring (bicyclic) bond motifs is 10. The molecule has 0 bridgehead atoms. The molecule has 8 aliphatic carbocycles. The van der Waals surface area contributed by atoms with Crippen LogP contribution in [-0.4, -0.2) is 24.1 Å². The molecule has 8 fully saturated rings. The Hall–Kier alpha value is -1.06. The summed E-state index contributed by atoms with van der Waals surface area (Å²) >= 11 is 0. The zero-order chi connectivity index (χ0) is 45.9.